The number of ether oxygens (including phenoxy) is 1. The van der Waals surface area contributed by atoms with E-state index in [1.807, 2.05) is 0 Å². The van der Waals surface area contributed by atoms with Crippen molar-refractivity contribution in [2.75, 3.05) is 12.4 Å². The van der Waals surface area contributed by atoms with Gasteiger partial charge in [-0.25, -0.2) is 13.6 Å². The average Bonchev–Trinajstić information content (AvgIpc) is 2.25. The highest BCUT2D eigenvalue weighted by Crippen LogP contribution is 2.36. The molecule has 0 heterocycles. The third-order valence-corrected chi connectivity index (χ3v) is 3.43. The second-order valence-electron chi connectivity index (χ2n) is 3.56. The van der Waals surface area contributed by atoms with Crippen LogP contribution in [0.5, 0.6) is 5.75 Å². The lowest BCUT2D eigenvalue weighted by atomic mass is 10.3. The molecule has 0 unspecified atom stereocenters. The van der Waals surface area contributed by atoms with E-state index in [0.717, 1.165) is 12.1 Å². The van der Waals surface area contributed by atoms with Crippen molar-refractivity contribution in [3.8, 4) is 5.75 Å². The first-order valence-corrected chi connectivity index (χ1v) is 7.44. The fourth-order valence-electron chi connectivity index (χ4n) is 1.22. The van der Waals surface area contributed by atoms with Crippen LogP contribution in [0.2, 0.25) is 10.0 Å². The van der Waals surface area contributed by atoms with E-state index in [-0.39, 0.29) is 40.3 Å². The van der Waals surface area contributed by atoms with Gasteiger partial charge >= 0.3 is 0 Å². The van der Waals surface area contributed by atoms with Crippen LogP contribution in [0.1, 0.15) is 6.42 Å². The van der Waals surface area contributed by atoms with Gasteiger partial charge in [0, 0.05) is 12.1 Å². The highest BCUT2D eigenvalue weighted by Gasteiger charge is 2.15. The van der Waals surface area contributed by atoms with Gasteiger partial charge in [-0.3, -0.25) is 10.1 Å². The molecule has 0 atom stereocenters. The van der Waals surface area contributed by atoms with Gasteiger partial charge in [0.05, 0.1) is 27.3 Å². The molecule has 0 bridgehead atoms. The van der Waals surface area contributed by atoms with Gasteiger partial charge in [0.15, 0.2) is 5.75 Å². The van der Waals surface area contributed by atoms with Gasteiger partial charge < -0.3 is 4.74 Å². The Morgan fingerprint density at radius 2 is 1.84 bits per heavy atom. The van der Waals surface area contributed by atoms with E-state index in [9.17, 15) is 18.5 Å². The molecule has 0 saturated heterocycles. The summed E-state index contributed by atoms with van der Waals surface area (Å²) in [7, 11) is -3.55. The summed E-state index contributed by atoms with van der Waals surface area (Å²) < 4.78 is 26.6. The molecule has 0 aliphatic rings. The lowest BCUT2D eigenvalue weighted by molar-refractivity contribution is -0.384. The minimum absolute atomic E-state index is 0.0187. The maximum absolute atomic E-state index is 10.7. The predicted molar refractivity (Wildman–Crippen MR) is 71.2 cm³/mol. The highest BCUT2D eigenvalue weighted by atomic mass is 35.5. The van der Waals surface area contributed by atoms with Gasteiger partial charge in [-0.1, -0.05) is 23.2 Å². The van der Waals surface area contributed by atoms with Crippen LogP contribution in [0.25, 0.3) is 0 Å². The number of nitrogens with zero attached hydrogens (tertiary/aromatic N) is 1. The van der Waals surface area contributed by atoms with Gasteiger partial charge in [-0.05, 0) is 6.42 Å². The fourth-order valence-corrected chi connectivity index (χ4v) is 2.33. The van der Waals surface area contributed by atoms with E-state index in [1.165, 1.54) is 0 Å². The summed E-state index contributed by atoms with van der Waals surface area (Å²) in [5, 5.41) is 15.3. The van der Waals surface area contributed by atoms with Gasteiger partial charge in [-0.15, -0.1) is 0 Å². The molecule has 0 amide bonds. The first-order chi connectivity index (χ1) is 8.70. The molecule has 0 radical (unpaired) electrons. The van der Waals surface area contributed by atoms with Crippen LogP contribution in [0, 0.1) is 10.1 Å². The zero-order valence-corrected chi connectivity index (χ0v) is 11.8. The highest BCUT2D eigenvalue weighted by molar-refractivity contribution is 7.89. The Kier molecular flexibility index (Phi) is 5.36. The second-order valence-corrected chi connectivity index (χ2v) is 6.11. The molecule has 0 fully saturated rings. The topological polar surface area (TPSA) is 113 Å². The van der Waals surface area contributed by atoms with Gasteiger partial charge in [0.25, 0.3) is 5.69 Å². The van der Waals surface area contributed by atoms with Crippen molar-refractivity contribution < 1.29 is 18.1 Å². The number of halogens is 2. The standard InChI is InChI=1S/C9H10Cl2N2O5S/c10-7-4-6(13(14)15)5-8(11)9(7)18-2-1-3-19(12,16)17/h4-5H,1-3H2,(H2,12,16,17). The molecule has 1 aromatic carbocycles. The smallest absolute Gasteiger partial charge is 0.272 e. The second kappa shape index (κ2) is 6.38. The third-order valence-electron chi connectivity index (χ3n) is 2.01. The van der Waals surface area contributed by atoms with E-state index in [4.69, 9.17) is 33.1 Å². The van der Waals surface area contributed by atoms with Crippen molar-refractivity contribution in [2.45, 2.75) is 6.42 Å². The minimum atomic E-state index is -3.55. The van der Waals surface area contributed by atoms with Gasteiger partial charge in [0.1, 0.15) is 0 Å². The number of rotatable bonds is 6. The fraction of sp³-hybridized carbons (Fsp3) is 0.333. The number of sulfonamides is 1. The number of nitro groups is 1. The van der Waals surface area contributed by atoms with E-state index >= 15 is 0 Å². The van der Waals surface area contributed by atoms with E-state index in [0.29, 0.717) is 0 Å². The molecule has 1 rings (SSSR count). The molecule has 0 spiro atoms. The normalized spacial score (nSPS) is 11.3. The lowest BCUT2D eigenvalue weighted by Crippen LogP contribution is -2.18. The number of benzene rings is 1. The molecule has 2 N–H and O–H groups in total. The van der Waals surface area contributed by atoms with Crippen molar-refractivity contribution in [1.29, 1.82) is 0 Å². The molecule has 106 valence electrons. The number of hydrogen-bond donors (Lipinski definition) is 1. The number of non-ortho nitro benzene ring substituents is 1. The summed E-state index contributed by atoms with van der Waals surface area (Å²) >= 11 is 11.6. The summed E-state index contributed by atoms with van der Waals surface area (Å²) in [6.45, 7) is 0.0215. The van der Waals surface area contributed by atoms with Crippen LogP contribution < -0.4 is 9.88 Å². The zero-order valence-electron chi connectivity index (χ0n) is 9.51. The number of primary sulfonamides is 1. The molecular formula is C9H10Cl2N2O5S. The Morgan fingerprint density at radius 1 is 1.32 bits per heavy atom. The molecule has 0 saturated carbocycles. The Labute approximate surface area is 119 Å². The molecule has 0 aromatic heterocycles. The Bertz CT molecular complexity index is 567. The Hall–Kier alpha value is -1.09. The molecule has 7 nitrogen and oxygen atoms in total. The van der Waals surface area contributed by atoms with Crippen molar-refractivity contribution in [3.05, 3.63) is 32.3 Å². The van der Waals surface area contributed by atoms with Crippen molar-refractivity contribution in [3.63, 3.8) is 0 Å². The maximum atomic E-state index is 10.7. The van der Waals surface area contributed by atoms with Crippen molar-refractivity contribution in [2.24, 2.45) is 5.14 Å². The number of hydrogen-bond acceptors (Lipinski definition) is 5. The molecule has 0 aliphatic carbocycles. The SMILES string of the molecule is NS(=O)(=O)CCCOc1c(Cl)cc([N+](=O)[O-])cc1Cl. The van der Waals surface area contributed by atoms with Crippen LogP contribution in [0.15, 0.2) is 12.1 Å². The van der Waals surface area contributed by atoms with Crippen molar-refractivity contribution >= 4 is 38.9 Å². The monoisotopic (exact) mass is 328 g/mol. The van der Waals surface area contributed by atoms with Crippen molar-refractivity contribution in [1.82, 2.24) is 0 Å². The molecule has 19 heavy (non-hydrogen) atoms. The summed E-state index contributed by atoms with van der Waals surface area (Å²) in [6.07, 6.45) is 0.155. The Morgan fingerprint density at radius 3 is 2.26 bits per heavy atom. The summed E-state index contributed by atoms with van der Waals surface area (Å²) in [5.74, 6) is -0.168. The van der Waals surface area contributed by atoms with Crippen LogP contribution in [0.4, 0.5) is 5.69 Å². The zero-order chi connectivity index (χ0) is 14.6. The largest absolute Gasteiger partial charge is 0.490 e. The van der Waals surface area contributed by atoms with E-state index in [1.54, 1.807) is 0 Å². The molecule has 10 heteroatoms. The molecular weight excluding hydrogens is 319 g/mol. The minimum Gasteiger partial charge on any atom is -0.490 e. The van der Waals surface area contributed by atoms with Crippen LogP contribution in [-0.2, 0) is 10.0 Å². The summed E-state index contributed by atoms with van der Waals surface area (Å²) in [6, 6.07) is 2.20. The summed E-state index contributed by atoms with van der Waals surface area (Å²) in [5.41, 5.74) is -0.258. The van der Waals surface area contributed by atoms with Crippen LogP contribution >= 0.6 is 23.2 Å². The molecule has 1 aromatic rings. The Balaban J connectivity index is 2.72. The third kappa shape index (κ3) is 5.19. The number of nitro benzene ring substituents is 1. The van der Waals surface area contributed by atoms with Gasteiger partial charge in [-0.2, -0.15) is 0 Å². The first-order valence-electron chi connectivity index (χ1n) is 4.97. The molecule has 0 aliphatic heterocycles. The van der Waals surface area contributed by atoms with Gasteiger partial charge in [0.2, 0.25) is 10.0 Å². The number of nitrogens with two attached hydrogens (primary N) is 1. The van der Waals surface area contributed by atoms with E-state index in [2.05, 4.69) is 0 Å². The van der Waals surface area contributed by atoms with Crippen LogP contribution in [-0.4, -0.2) is 25.7 Å². The van der Waals surface area contributed by atoms with Crippen LogP contribution in [0.3, 0.4) is 0 Å². The maximum Gasteiger partial charge on any atom is 0.272 e. The first kappa shape index (κ1) is 16.0. The van der Waals surface area contributed by atoms with E-state index < -0.39 is 14.9 Å². The predicted octanol–water partition coefficient (Wildman–Crippen LogP) is 1.96. The summed E-state index contributed by atoms with van der Waals surface area (Å²) in [4.78, 5) is 9.92. The lowest BCUT2D eigenvalue weighted by Gasteiger charge is -2.09. The average molecular weight is 329 g/mol. The quantitative estimate of drug-likeness (QED) is 0.487.